The Morgan fingerprint density at radius 3 is 2.86 bits per heavy atom. The van der Waals surface area contributed by atoms with Gasteiger partial charge in [-0.05, 0) is 25.1 Å². The van der Waals surface area contributed by atoms with Crippen molar-refractivity contribution in [3.8, 4) is 0 Å². The highest BCUT2D eigenvalue weighted by Crippen LogP contribution is 2.18. The summed E-state index contributed by atoms with van der Waals surface area (Å²) in [6, 6.07) is 5.20. The van der Waals surface area contributed by atoms with Crippen LogP contribution in [0.3, 0.4) is 0 Å². The van der Waals surface area contributed by atoms with Crippen LogP contribution < -0.4 is 5.32 Å². The van der Waals surface area contributed by atoms with Crippen LogP contribution in [0.5, 0.6) is 0 Å². The number of carbonyl (C=O) groups is 1. The fourth-order valence-electron chi connectivity index (χ4n) is 2.63. The number of amides is 1. The number of sulfone groups is 1. The maximum atomic E-state index is 12.7. The predicted octanol–water partition coefficient (Wildman–Crippen LogP) is 0.173. The van der Waals surface area contributed by atoms with Gasteiger partial charge in [-0.1, -0.05) is 6.07 Å². The average Bonchev–Trinajstić information content (AvgIpc) is 2.67. The van der Waals surface area contributed by atoms with Crippen LogP contribution in [0.25, 0.3) is 5.52 Å². The van der Waals surface area contributed by atoms with E-state index in [1.54, 1.807) is 29.3 Å². The molecule has 3 heterocycles. The van der Waals surface area contributed by atoms with E-state index in [4.69, 9.17) is 0 Å². The SMILES string of the molecule is CS(=O)(=O)c1nc(C(=O)N2CCCNCC2)c2ccccn12. The average molecular weight is 322 g/mol. The molecule has 1 saturated heterocycles. The van der Waals surface area contributed by atoms with Crippen molar-refractivity contribution in [1.82, 2.24) is 19.6 Å². The van der Waals surface area contributed by atoms with Gasteiger partial charge in [0.05, 0.1) is 5.52 Å². The maximum absolute atomic E-state index is 12.7. The van der Waals surface area contributed by atoms with Gasteiger partial charge in [0, 0.05) is 32.1 Å². The normalized spacial score (nSPS) is 16.7. The van der Waals surface area contributed by atoms with Gasteiger partial charge in [0.15, 0.2) is 5.69 Å². The second kappa shape index (κ2) is 5.69. The summed E-state index contributed by atoms with van der Waals surface area (Å²) in [5.41, 5.74) is 0.716. The Balaban J connectivity index is 2.09. The lowest BCUT2D eigenvalue weighted by atomic mass is 10.3. The summed E-state index contributed by atoms with van der Waals surface area (Å²) in [6.07, 6.45) is 3.58. The van der Waals surface area contributed by atoms with Gasteiger partial charge in [-0.2, -0.15) is 0 Å². The van der Waals surface area contributed by atoms with Crippen molar-refractivity contribution >= 4 is 21.3 Å². The van der Waals surface area contributed by atoms with E-state index < -0.39 is 9.84 Å². The van der Waals surface area contributed by atoms with Crippen LogP contribution in [-0.2, 0) is 9.84 Å². The third-order valence-corrected chi connectivity index (χ3v) is 4.63. The van der Waals surface area contributed by atoms with Crippen LogP contribution >= 0.6 is 0 Å². The number of fused-ring (bicyclic) bond motifs is 1. The second-order valence-corrected chi connectivity index (χ2v) is 7.28. The molecule has 7 nitrogen and oxygen atoms in total. The van der Waals surface area contributed by atoms with E-state index in [9.17, 15) is 13.2 Å². The van der Waals surface area contributed by atoms with Crippen LogP contribution in [0.15, 0.2) is 29.6 Å². The molecule has 0 spiro atoms. The summed E-state index contributed by atoms with van der Waals surface area (Å²) in [7, 11) is -3.51. The van der Waals surface area contributed by atoms with Crippen LogP contribution in [0.4, 0.5) is 0 Å². The highest BCUT2D eigenvalue weighted by Gasteiger charge is 2.26. The summed E-state index contributed by atoms with van der Waals surface area (Å²) >= 11 is 0. The third kappa shape index (κ3) is 2.71. The Morgan fingerprint density at radius 1 is 1.27 bits per heavy atom. The molecule has 2 aromatic rings. The quantitative estimate of drug-likeness (QED) is 0.852. The first-order valence-corrected chi connectivity index (χ1v) is 9.05. The van der Waals surface area contributed by atoms with Crippen LogP contribution in [0.1, 0.15) is 16.9 Å². The molecule has 1 N–H and O–H groups in total. The molecule has 0 aromatic carbocycles. The lowest BCUT2D eigenvalue weighted by Gasteiger charge is -2.18. The maximum Gasteiger partial charge on any atom is 0.274 e. The molecule has 0 radical (unpaired) electrons. The summed E-state index contributed by atoms with van der Waals surface area (Å²) in [6.45, 7) is 2.85. The predicted molar refractivity (Wildman–Crippen MR) is 81.7 cm³/mol. The van der Waals surface area contributed by atoms with Crippen molar-refractivity contribution in [2.24, 2.45) is 0 Å². The molecule has 1 aliphatic rings. The lowest BCUT2D eigenvalue weighted by Crippen LogP contribution is -2.34. The smallest absolute Gasteiger partial charge is 0.274 e. The van der Waals surface area contributed by atoms with Crippen molar-refractivity contribution in [1.29, 1.82) is 0 Å². The minimum absolute atomic E-state index is 0.0978. The summed E-state index contributed by atoms with van der Waals surface area (Å²) < 4.78 is 25.2. The summed E-state index contributed by atoms with van der Waals surface area (Å²) in [5.74, 6) is -0.220. The van der Waals surface area contributed by atoms with Crippen molar-refractivity contribution in [3.63, 3.8) is 0 Å². The Morgan fingerprint density at radius 2 is 2.09 bits per heavy atom. The van der Waals surface area contributed by atoms with Gasteiger partial charge in [-0.15, -0.1) is 0 Å². The molecule has 3 rings (SSSR count). The molecule has 1 fully saturated rings. The molecule has 0 aliphatic carbocycles. The lowest BCUT2D eigenvalue weighted by molar-refractivity contribution is 0.0762. The molecule has 1 aliphatic heterocycles. The zero-order chi connectivity index (χ0) is 15.7. The zero-order valence-electron chi connectivity index (χ0n) is 12.3. The first-order chi connectivity index (χ1) is 10.5. The van der Waals surface area contributed by atoms with E-state index in [1.165, 1.54) is 4.40 Å². The number of pyridine rings is 1. The molecule has 0 unspecified atom stereocenters. The van der Waals surface area contributed by atoms with Crippen LogP contribution in [-0.4, -0.2) is 61.0 Å². The van der Waals surface area contributed by atoms with Gasteiger partial charge in [-0.3, -0.25) is 9.20 Å². The van der Waals surface area contributed by atoms with E-state index in [1.807, 2.05) is 0 Å². The number of hydrogen-bond acceptors (Lipinski definition) is 5. The molecule has 0 saturated carbocycles. The van der Waals surface area contributed by atoms with Crippen LogP contribution in [0, 0.1) is 0 Å². The van der Waals surface area contributed by atoms with Gasteiger partial charge in [0.2, 0.25) is 15.0 Å². The highest BCUT2D eigenvalue weighted by molar-refractivity contribution is 7.90. The largest absolute Gasteiger partial charge is 0.336 e. The van der Waals surface area contributed by atoms with Crippen molar-refractivity contribution in [2.45, 2.75) is 11.6 Å². The number of rotatable bonds is 2. The van der Waals surface area contributed by atoms with E-state index in [-0.39, 0.29) is 16.8 Å². The number of nitrogens with zero attached hydrogens (tertiary/aromatic N) is 3. The zero-order valence-corrected chi connectivity index (χ0v) is 13.1. The molecule has 0 atom stereocenters. The summed E-state index contributed by atoms with van der Waals surface area (Å²) in [4.78, 5) is 18.6. The van der Waals surface area contributed by atoms with Gasteiger partial charge < -0.3 is 10.2 Å². The van der Waals surface area contributed by atoms with Gasteiger partial charge in [-0.25, -0.2) is 13.4 Å². The first kappa shape index (κ1) is 15.0. The standard InChI is InChI=1S/C14H18N4O3S/c1-22(20,21)14-16-12(11-5-2-3-9-18(11)14)13(19)17-8-4-6-15-7-10-17/h2-3,5,9,15H,4,6-8,10H2,1H3. The molecule has 22 heavy (non-hydrogen) atoms. The first-order valence-electron chi connectivity index (χ1n) is 7.15. The van der Waals surface area contributed by atoms with E-state index in [0.29, 0.717) is 18.6 Å². The molecular formula is C14H18N4O3S. The number of aromatic nitrogens is 2. The summed E-state index contributed by atoms with van der Waals surface area (Å²) in [5, 5.41) is 3.14. The van der Waals surface area contributed by atoms with E-state index in [0.717, 1.165) is 25.8 Å². The topological polar surface area (TPSA) is 83.8 Å². The Bertz CT molecular complexity index is 805. The molecule has 118 valence electrons. The molecule has 8 heteroatoms. The van der Waals surface area contributed by atoms with Crippen molar-refractivity contribution < 1.29 is 13.2 Å². The number of nitrogens with one attached hydrogen (secondary N) is 1. The molecule has 0 bridgehead atoms. The van der Waals surface area contributed by atoms with Gasteiger partial charge in [0.25, 0.3) is 5.91 Å². The van der Waals surface area contributed by atoms with E-state index in [2.05, 4.69) is 10.3 Å². The minimum Gasteiger partial charge on any atom is -0.336 e. The van der Waals surface area contributed by atoms with Crippen molar-refractivity contribution in [2.75, 3.05) is 32.4 Å². The number of hydrogen-bond donors (Lipinski definition) is 1. The number of carbonyl (C=O) groups excluding carboxylic acids is 1. The Labute approximate surface area is 128 Å². The fourth-order valence-corrected chi connectivity index (χ4v) is 3.40. The minimum atomic E-state index is -3.51. The van der Waals surface area contributed by atoms with Gasteiger partial charge in [0.1, 0.15) is 0 Å². The van der Waals surface area contributed by atoms with E-state index >= 15 is 0 Å². The molecule has 1 amide bonds. The van der Waals surface area contributed by atoms with Crippen molar-refractivity contribution in [3.05, 3.63) is 30.1 Å². The molecular weight excluding hydrogens is 304 g/mol. The second-order valence-electron chi connectivity index (χ2n) is 5.37. The molecule has 2 aromatic heterocycles. The highest BCUT2D eigenvalue weighted by atomic mass is 32.2. The Hall–Kier alpha value is -1.93. The third-order valence-electron chi connectivity index (χ3n) is 3.68. The Kier molecular flexibility index (Phi) is 3.88. The fraction of sp³-hybridized carbons (Fsp3) is 0.429. The number of imidazole rings is 1. The van der Waals surface area contributed by atoms with Gasteiger partial charge >= 0.3 is 0 Å². The monoisotopic (exact) mass is 322 g/mol. The van der Waals surface area contributed by atoms with Crippen LogP contribution in [0.2, 0.25) is 0 Å².